The monoisotopic (exact) mass is 309 g/mol. The molecular formula is C8H9ClIN3. The van der Waals surface area contributed by atoms with Crippen molar-refractivity contribution < 1.29 is 0 Å². The van der Waals surface area contributed by atoms with Crippen LogP contribution < -0.4 is 0 Å². The second kappa shape index (κ2) is 4.76. The zero-order valence-electron chi connectivity index (χ0n) is 7.33. The van der Waals surface area contributed by atoms with Gasteiger partial charge in [0.05, 0.1) is 9.91 Å². The first kappa shape index (κ1) is 10.7. The van der Waals surface area contributed by atoms with Gasteiger partial charge in [0, 0.05) is 14.1 Å². The number of aliphatic imine (C=N–C) groups is 1. The number of pyridine rings is 1. The summed E-state index contributed by atoms with van der Waals surface area (Å²) in [6, 6.07) is 3.64. The first-order chi connectivity index (χ1) is 6.09. The molecule has 13 heavy (non-hydrogen) atoms. The first-order valence-corrected chi connectivity index (χ1v) is 5.08. The van der Waals surface area contributed by atoms with Crippen LogP contribution in [0.15, 0.2) is 17.1 Å². The van der Waals surface area contributed by atoms with Crippen molar-refractivity contribution in [1.82, 2.24) is 9.88 Å². The molecule has 0 radical (unpaired) electrons. The van der Waals surface area contributed by atoms with E-state index in [2.05, 4.69) is 32.6 Å². The summed E-state index contributed by atoms with van der Waals surface area (Å²) in [5.74, 6) is 0.654. The van der Waals surface area contributed by atoms with Crippen LogP contribution in [-0.2, 0) is 0 Å². The summed E-state index contributed by atoms with van der Waals surface area (Å²) in [4.78, 5) is 10.1. The molecule has 1 rings (SSSR count). The predicted molar refractivity (Wildman–Crippen MR) is 63.8 cm³/mol. The molecule has 1 heterocycles. The van der Waals surface area contributed by atoms with Gasteiger partial charge in [0.2, 0.25) is 0 Å². The number of halogens is 2. The molecule has 0 N–H and O–H groups in total. The highest BCUT2D eigenvalue weighted by atomic mass is 127. The van der Waals surface area contributed by atoms with Crippen LogP contribution in [0.3, 0.4) is 0 Å². The van der Waals surface area contributed by atoms with Gasteiger partial charge in [-0.15, -0.1) is 0 Å². The van der Waals surface area contributed by atoms with Crippen molar-refractivity contribution in [1.29, 1.82) is 0 Å². The molecule has 0 spiro atoms. The molecule has 0 amide bonds. The van der Waals surface area contributed by atoms with Gasteiger partial charge in [-0.1, -0.05) is 11.6 Å². The molecule has 1 aromatic heterocycles. The minimum absolute atomic E-state index is 0.464. The normalized spacial score (nSPS) is 10.8. The van der Waals surface area contributed by atoms with Crippen molar-refractivity contribution in [2.45, 2.75) is 0 Å². The molecule has 3 nitrogen and oxygen atoms in total. The molecule has 0 aliphatic heterocycles. The Labute approximate surface area is 96.0 Å². The molecule has 0 aliphatic carbocycles. The Hall–Kier alpha value is -0.360. The molecule has 5 heteroatoms. The standard InChI is InChI=1S/C8H9ClIN3/c1-13(2)5-11-8-6(10)3-4-7(9)12-8/h3-5H,1-2H3/b11-5+. The van der Waals surface area contributed by atoms with Gasteiger partial charge < -0.3 is 4.90 Å². The fraction of sp³-hybridized carbons (Fsp3) is 0.250. The molecule has 0 atom stereocenters. The maximum absolute atomic E-state index is 5.73. The summed E-state index contributed by atoms with van der Waals surface area (Å²) >= 11 is 7.90. The predicted octanol–water partition coefficient (Wildman–Crippen LogP) is 2.56. The molecule has 1 aromatic rings. The quantitative estimate of drug-likeness (QED) is 0.363. The minimum atomic E-state index is 0.464. The highest BCUT2D eigenvalue weighted by Crippen LogP contribution is 2.20. The van der Waals surface area contributed by atoms with Crippen LogP contribution in [0.5, 0.6) is 0 Å². The summed E-state index contributed by atoms with van der Waals surface area (Å²) < 4.78 is 0.986. The van der Waals surface area contributed by atoms with Crippen LogP contribution in [-0.4, -0.2) is 30.3 Å². The highest BCUT2D eigenvalue weighted by Gasteiger charge is 1.99. The van der Waals surface area contributed by atoms with Crippen molar-refractivity contribution in [2.24, 2.45) is 4.99 Å². The van der Waals surface area contributed by atoms with Gasteiger partial charge in [-0.3, -0.25) is 0 Å². The number of nitrogens with zero attached hydrogens (tertiary/aromatic N) is 3. The van der Waals surface area contributed by atoms with Gasteiger partial charge in [-0.25, -0.2) is 9.98 Å². The molecule has 0 saturated heterocycles. The summed E-state index contributed by atoms with van der Waals surface area (Å²) in [6.45, 7) is 0. The molecule has 0 bridgehead atoms. The van der Waals surface area contributed by atoms with E-state index in [0.29, 0.717) is 11.0 Å². The third-order valence-corrected chi connectivity index (χ3v) is 2.26. The zero-order chi connectivity index (χ0) is 9.84. The van der Waals surface area contributed by atoms with Crippen molar-refractivity contribution in [3.8, 4) is 0 Å². The minimum Gasteiger partial charge on any atom is -0.369 e. The second-order valence-corrected chi connectivity index (χ2v) is 4.20. The summed E-state index contributed by atoms with van der Waals surface area (Å²) in [5.41, 5.74) is 0. The Balaban J connectivity index is 2.93. The zero-order valence-corrected chi connectivity index (χ0v) is 10.2. The lowest BCUT2D eigenvalue weighted by molar-refractivity contribution is 0.643. The van der Waals surface area contributed by atoms with Gasteiger partial charge in [0.1, 0.15) is 5.15 Å². The van der Waals surface area contributed by atoms with Gasteiger partial charge in [0.25, 0.3) is 0 Å². The fourth-order valence-corrected chi connectivity index (χ4v) is 1.25. The lowest BCUT2D eigenvalue weighted by Gasteiger charge is -2.02. The van der Waals surface area contributed by atoms with Crippen LogP contribution in [0, 0.1) is 3.57 Å². The van der Waals surface area contributed by atoms with Gasteiger partial charge in [-0.2, -0.15) is 0 Å². The van der Waals surface area contributed by atoms with Crippen LogP contribution >= 0.6 is 34.2 Å². The van der Waals surface area contributed by atoms with E-state index in [1.54, 1.807) is 12.4 Å². The second-order valence-electron chi connectivity index (χ2n) is 2.65. The van der Waals surface area contributed by atoms with E-state index in [4.69, 9.17) is 11.6 Å². The SMILES string of the molecule is CN(C)/C=N/c1nc(Cl)ccc1I. The van der Waals surface area contributed by atoms with E-state index in [0.717, 1.165) is 3.57 Å². The first-order valence-electron chi connectivity index (χ1n) is 3.62. The number of aromatic nitrogens is 1. The van der Waals surface area contributed by atoms with Crippen molar-refractivity contribution >= 4 is 46.3 Å². The van der Waals surface area contributed by atoms with Crippen LogP contribution in [0.2, 0.25) is 5.15 Å². The van der Waals surface area contributed by atoms with E-state index < -0.39 is 0 Å². The smallest absolute Gasteiger partial charge is 0.168 e. The summed E-state index contributed by atoms with van der Waals surface area (Å²) in [6.07, 6.45) is 1.70. The van der Waals surface area contributed by atoms with Crippen LogP contribution in [0.1, 0.15) is 0 Å². The van der Waals surface area contributed by atoms with Gasteiger partial charge in [0.15, 0.2) is 5.82 Å². The van der Waals surface area contributed by atoms with E-state index in [-0.39, 0.29) is 0 Å². The lowest BCUT2D eigenvalue weighted by atomic mass is 10.5. The van der Waals surface area contributed by atoms with Gasteiger partial charge in [-0.05, 0) is 34.7 Å². The Morgan fingerprint density at radius 3 is 2.85 bits per heavy atom. The largest absolute Gasteiger partial charge is 0.369 e. The topological polar surface area (TPSA) is 28.5 Å². The van der Waals surface area contributed by atoms with Crippen molar-refractivity contribution in [2.75, 3.05) is 14.1 Å². The maximum Gasteiger partial charge on any atom is 0.168 e. The number of hydrogen-bond donors (Lipinski definition) is 0. The van der Waals surface area contributed by atoms with Crippen LogP contribution in [0.4, 0.5) is 5.82 Å². The Morgan fingerprint density at radius 2 is 2.23 bits per heavy atom. The van der Waals surface area contributed by atoms with Gasteiger partial charge >= 0.3 is 0 Å². The highest BCUT2D eigenvalue weighted by molar-refractivity contribution is 14.1. The molecule has 70 valence electrons. The van der Waals surface area contributed by atoms with E-state index >= 15 is 0 Å². The molecule has 0 fully saturated rings. The molecule has 0 aromatic carbocycles. The van der Waals surface area contributed by atoms with E-state index in [1.807, 2.05) is 25.1 Å². The third kappa shape index (κ3) is 3.48. The Bertz CT molecular complexity index is 325. The average Bonchev–Trinajstić information content (AvgIpc) is 2.06. The van der Waals surface area contributed by atoms with Crippen LogP contribution in [0.25, 0.3) is 0 Å². The maximum atomic E-state index is 5.73. The summed E-state index contributed by atoms with van der Waals surface area (Å²) in [5, 5.41) is 0.464. The fourth-order valence-electron chi connectivity index (χ4n) is 0.669. The van der Waals surface area contributed by atoms with Crippen molar-refractivity contribution in [3.05, 3.63) is 20.9 Å². The summed E-state index contributed by atoms with van der Waals surface area (Å²) in [7, 11) is 3.81. The van der Waals surface area contributed by atoms with E-state index in [1.165, 1.54) is 0 Å². The Morgan fingerprint density at radius 1 is 1.54 bits per heavy atom. The molecule has 0 saturated carbocycles. The molecule has 0 unspecified atom stereocenters. The van der Waals surface area contributed by atoms with E-state index in [9.17, 15) is 0 Å². The Kier molecular flexibility index (Phi) is 3.92. The van der Waals surface area contributed by atoms with Crippen molar-refractivity contribution in [3.63, 3.8) is 0 Å². The average molecular weight is 310 g/mol. The number of hydrogen-bond acceptors (Lipinski definition) is 2. The molecule has 0 aliphatic rings. The third-order valence-electron chi connectivity index (χ3n) is 1.20. The number of rotatable bonds is 2. The lowest BCUT2D eigenvalue weighted by Crippen LogP contribution is -2.07. The molecular weight excluding hydrogens is 300 g/mol.